The van der Waals surface area contributed by atoms with Crippen LogP contribution in [0.1, 0.15) is 91.9 Å². The molecule has 5 atom stereocenters. The second-order valence-corrected chi connectivity index (χ2v) is 11.6. The van der Waals surface area contributed by atoms with E-state index >= 15 is 0 Å². The van der Waals surface area contributed by atoms with E-state index in [1.54, 1.807) is 0 Å². The summed E-state index contributed by atoms with van der Waals surface area (Å²) in [4.78, 5) is 0. The molecule has 0 saturated heterocycles. The highest BCUT2D eigenvalue weighted by molar-refractivity contribution is 5.36. The molecular weight excluding hydrogens is 394 g/mol. The Kier molecular flexibility index (Phi) is 7.23. The zero-order valence-electron chi connectivity index (χ0n) is 19.9. The number of fused-ring (bicyclic) bond motifs is 1. The molecule has 3 saturated carbocycles. The van der Waals surface area contributed by atoms with Gasteiger partial charge in [-0.25, -0.2) is 8.78 Å². The van der Waals surface area contributed by atoms with Crippen LogP contribution in [0.25, 0.3) is 0 Å². The van der Waals surface area contributed by atoms with Gasteiger partial charge in [0.25, 0.3) is 5.92 Å². The Morgan fingerprint density at radius 3 is 2.58 bits per heavy atom. The Hall–Kier alpha value is -1.00. The summed E-state index contributed by atoms with van der Waals surface area (Å²) >= 11 is 0. The summed E-state index contributed by atoms with van der Waals surface area (Å²) in [6, 6.07) is 0. The van der Waals surface area contributed by atoms with E-state index in [2.05, 4.69) is 25.7 Å². The summed E-state index contributed by atoms with van der Waals surface area (Å²) < 4.78 is 29.3. The van der Waals surface area contributed by atoms with Crippen LogP contribution < -0.4 is 0 Å². The smallest absolute Gasteiger partial charge is 0.251 e. The Labute approximate surface area is 187 Å². The minimum atomic E-state index is -2.84. The van der Waals surface area contributed by atoms with Gasteiger partial charge in [0.05, 0.1) is 11.7 Å². The van der Waals surface area contributed by atoms with Gasteiger partial charge in [0.2, 0.25) is 0 Å². The van der Waals surface area contributed by atoms with Crippen LogP contribution in [0.5, 0.6) is 0 Å². The Bertz CT molecular complexity index is 730. The van der Waals surface area contributed by atoms with Gasteiger partial charge in [-0.2, -0.15) is 0 Å². The van der Waals surface area contributed by atoms with Crippen LogP contribution in [0, 0.1) is 23.2 Å². The minimum absolute atomic E-state index is 0.0654. The fourth-order valence-corrected chi connectivity index (χ4v) is 6.93. The molecule has 3 rings (SSSR count). The highest BCUT2D eigenvalue weighted by atomic mass is 19.3. The van der Waals surface area contributed by atoms with Crippen molar-refractivity contribution in [3.63, 3.8) is 0 Å². The molecule has 2 N–H and O–H groups in total. The second-order valence-electron chi connectivity index (χ2n) is 11.6. The van der Waals surface area contributed by atoms with Crippen LogP contribution in [0.2, 0.25) is 0 Å². The molecule has 0 unspecified atom stereocenters. The molecule has 0 heterocycles. The predicted molar refractivity (Wildman–Crippen MR) is 123 cm³/mol. The van der Waals surface area contributed by atoms with Gasteiger partial charge in [-0.05, 0) is 94.0 Å². The van der Waals surface area contributed by atoms with E-state index in [1.807, 2.05) is 6.92 Å². The van der Waals surface area contributed by atoms with Gasteiger partial charge in [0, 0.05) is 12.8 Å². The largest absolute Gasteiger partial charge is 0.393 e. The van der Waals surface area contributed by atoms with Crippen molar-refractivity contribution in [2.24, 2.45) is 23.2 Å². The summed E-state index contributed by atoms with van der Waals surface area (Å²) in [5.41, 5.74) is 2.46. The standard InChI is InChI=1S/C27H42F2O2/c1-18-8-11-22(30)15-21(18)10-9-20-7-6-14-26(5)23(12-13-24(20)26)19(2)16-27(28,29)17-25(3,4)31/h9-10,19,22-24,30-31H,1,6-8,11-17H2,2-5H3/b20-9+,21-10+/t19-,22+,23-,24+,26-/m1/s1. The van der Waals surface area contributed by atoms with E-state index < -0.39 is 17.9 Å². The van der Waals surface area contributed by atoms with Gasteiger partial charge < -0.3 is 10.2 Å². The van der Waals surface area contributed by atoms with Gasteiger partial charge in [0.15, 0.2) is 0 Å². The first-order valence-corrected chi connectivity index (χ1v) is 12.2. The molecular formula is C27H42F2O2. The number of alkyl halides is 2. The fourth-order valence-electron chi connectivity index (χ4n) is 6.93. The van der Waals surface area contributed by atoms with Crippen LogP contribution >= 0.6 is 0 Å². The fraction of sp³-hybridized carbons (Fsp3) is 0.778. The van der Waals surface area contributed by atoms with Crippen molar-refractivity contribution in [3.05, 3.63) is 35.5 Å². The highest BCUT2D eigenvalue weighted by Crippen LogP contribution is 2.60. The maximum absolute atomic E-state index is 14.6. The molecule has 0 amide bonds. The van der Waals surface area contributed by atoms with Crippen molar-refractivity contribution < 1.29 is 19.0 Å². The third-order valence-corrected chi connectivity index (χ3v) is 8.22. The van der Waals surface area contributed by atoms with E-state index in [1.165, 1.54) is 19.4 Å². The molecule has 0 spiro atoms. The second kappa shape index (κ2) is 9.09. The topological polar surface area (TPSA) is 40.5 Å². The van der Waals surface area contributed by atoms with Gasteiger partial charge in [-0.1, -0.05) is 43.7 Å². The lowest BCUT2D eigenvalue weighted by Crippen LogP contribution is -2.39. The van der Waals surface area contributed by atoms with E-state index in [0.717, 1.165) is 56.1 Å². The first-order chi connectivity index (χ1) is 14.3. The lowest BCUT2D eigenvalue weighted by molar-refractivity contribution is -0.0949. The van der Waals surface area contributed by atoms with Crippen molar-refractivity contribution in [1.29, 1.82) is 0 Å². The molecule has 31 heavy (non-hydrogen) atoms. The molecule has 3 aliphatic carbocycles. The molecule has 3 fully saturated rings. The minimum Gasteiger partial charge on any atom is -0.393 e. The normalized spacial score (nSPS) is 36.1. The maximum Gasteiger partial charge on any atom is 0.251 e. The number of rotatable bonds is 6. The van der Waals surface area contributed by atoms with Gasteiger partial charge in [0.1, 0.15) is 0 Å². The molecule has 176 valence electrons. The van der Waals surface area contributed by atoms with E-state index in [-0.39, 0.29) is 29.8 Å². The Morgan fingerprint density at radius 1 is 1.19 bits per heavy atom. The maximum atomic E-state index is 14.6. The number of hydrogen-bond donors (Lipinski definition) is 2. The molecule has 2 nitrogen and oxygen atoms in total. The first-order valence-electron chi connectivity index (χ1n) is 12.2. The molecule has 0 aliphatic heterocycles. The van der Waals surface area contributed by atoms with Gasteiger partial charge in [-0.3, -0.25) is 0 Å². The van der Waals surface area contributed by atoms with Crippen LogP contribution in [0.15, 0.2) is 35.5 Å². The van der Waals surface area contributed by atoms with E-state index in [4.69, 9.17) is 0 Å². The van der Waals surface area contributed by atoms with Crippen LogP contribution in [-0.2, 0) is 0 Å². The van der Waals surface area contributed by atoms with Crippen LogP contribution in [0.4, 0.5) is 8.78 Å². The number of aliphatic hydroxyl groups excluding tert-OH is 1. The average Bonchev–Trinajstić information content (AvgIpc) is 2.97. The van der Waals surface area contributed by atoms with Crippen molar-refractivity contribution in [2.75, 3.05) is 0 Å². The lowest BCUT2D eigenvalue weighted by Gasteiger charge is -2.45. The molecule has 0 aromatic heterocycles. The number of allylic oxidation sites excluding steroid dienone is 4. The zero-order chi connectivity index (χ0) is 23.0. The third kappa shape index (κ3) is 5.87. The van der Waals surface area contributed by atoms with Crippen molar-refractivity contribution >= 4 is 0 Å². The molecule has 0 radical (unpaired) electrons. The SMILES string of the molecule is C=C1CC[C@H](O)C/C1=C\C=C1/CCC[C@]2(C)[C@@H]([C@H](C)CC(F)(F)CC(C)(C)O)CC[C@@H]12. The monoisotopic (exact) mass is 436 g/mol. The van der Waals surface area contributed by atoms with Crippen molar-refractivity contribution in [1.82, 2.24) is 0 Å². The lowest BCUT2D eigenvalue weighted by atomic mass is 9.60. The zero-order valence-corrected chi connectivity index (χ0v) is 19.9. The quantitative estimate of drug-likeness (QED) is 0.471. The Morgan fingerprint density at radius 2 is 1.90 bits per heavy atom. The molecule has 0 aromatic carbocycles. The summed E-state index contributed by atoms with van der Waals surface area (Å²) in [6.07, 6.45) is 11.2. The average molecular weight is 437 g/mol. The number of halogens is 2. The van der Waals surface area contributed by atoms with Gasteiger partial charge in [-0.15, -0.1) is 0 Å². The van der Waals surface area contributed by atoms with Crippen LogP contribution in [0.3, 0.4) is 0 Å². The Balaban J connectivity index is 1.74. The van der Waals surface area contributed by atoms with E-state index in [0.29, 0.717) is 12.3 Å². The molecule has 4 heteroatoms. The summed E-state index contributed by atoms with van der Waals surface area (Å²) in [5, 5.41) is 19.9. The van der Waals surface area contributed by atoms with E-state index in [9.17, 15) is 19.0 Å². The molecule has 0 bridgehead atoms. The molecule has 3 aliphatic rings. The summed E-state index contributed by atoms with van der Waals surface area (Å²) in [7, 11) is 0. The predicted octanol–water partition coefficient (Wildman–Crippen LogP) is 6.98. The summed E-state index contributed by atoms with van der Waals surface area (Å²) in [6.45, 7) is 11.4. The highest BCUT2D eigenvalue weighted by Gasteiger charge is 2.52. The number of hydrogen-bond acceptors (Lipinski definition) is 2. The number of aliphatic hydroxyl groups is 2. The first kappa shape index (κ1) is 24.6. The van der Waals surface area contributed by atoms with Crippen molar-refractivity contribution in [2.45, 2.75) is 110 Å². The van der Waals surface area contributed by atoms with Crippen LogP contribution in [-0.4, -0.2) is 27.8 Å². The third-order valence-electron chi connectivity index (χ3n) is 8.22. The molecule has 0 aromatic rings. The summed E-state index contributed by atoms with van der Waals surface area (Å²) in [5.74, 6) is -2.17. The van der Waals surface area contributed by atoms with Gasteiger partial charge >= 0.3 is 0 Å². The van der Waals surface area contributed by atoms with Crippen molar-refractivity contribution in [3.8, 4) is 0 Å².